The summed E-state index contributed by atoms with van der Waals surface area (Å²) in [5.41, 5.74) is 1.25. The summed E-state index contributed by atoms with van der Waals surface area (Å²) in [4.78, 5) is 1.36. The Morgan fingerprint density at radius 2 is 1.91 bits per heavy atom. The molecule has 0 bridgehead atoms. The van der Waals surface area contributed by atoms with E-state index in [1.165, 1.54) is 21.2 Å². The summed E-state index contributed by atoms with van der Waals surface area (Å²) in [7, 11) is 0. The highest BCUT2D eigenvalue weighted by atomic mass is 32.1. The topological polar surface area (TPSA) is 21.3 Å². The molecule has 0 atom stereocenters. The number of rotatable bonds is 7. The molecule has 3 heteroatoms. The molecule has 2 aromatic carbocycles. The highest BCUT2D eigenvalue weighted by molar-refractivity contribution is 7.09. The Morgan fingerprint density at radius 1 is 1.00 bits per heavy atom. The van der Waals surface area contributed by atoms with Crippen LogP contribution in [0.4, 0.5) is 0 Å². The molecule has 1 heterocycles. The third kappa shape index (κ3) is 3.49. The van der Waals surface area contributed by atoms with Crippen LogP contribution < -0.4 is 10.1 Å². The second-order valence-electron chi connectivity index (χ2n) is 5.29. The van der Waals surface area contributed by atoms with Gasteiger partial charge in [-0.15, -0.1) is 11.3 Å². The van der Waals surface area contributed by atoms with E-state index < -0.39 is 0 Å². The summed E-state index contributed by atoms with van der Waals surface area (Å²) < 4.78 is 5.94. The molecular weight excluding hydrogens is 290 g/mol. The molecule has 3 aromatic rings. The van der Waals surface area contributed by atoms with E-state index in [0.717, 1.165) is 31.9 Å². The molecule has 114 valence electrons. The molecule has 0 spiro atoms. The van der Waals surface area contributed by atoms with Gasteiger partial charge in [-0.25, -0.2) is 0 Å². The maximum absolute atomic E-state index is 5.94. The van der Waals surface area contributed by atoms with Gasteiger partial charge in [0.25, 0.3) is 0 Å². The number of hydrogen-bond acceptors (Lipinski definition) is 3. The Hall–Kier alpha value is -1.84. The maximum Gasteiger partial charge on any atom is 0.124 e. The minimum atomic E-state index is 0.760. The van der Waals surface area contributed by atoms with Crippen LogP contribution in [-0.4, -0.2) is 6.61 Å². The van der Waals surface area contributed by atoms with Gasteiger partial charge in [0.05, 0.1) is 6.61 Å². The molecule has 0 fully saturated rings. The Labute approximate surface area is 135 Å². The summed E-state index contributed by atoms with van der Waals surface area (Å²) >= 11 is 1.79. The van der Waals surface area contributed by atoms with Crippen LogP contribution >= 0.6 is 11.3 Å². The van der Waals surface area contributed by atoms with Gasteiger partial charge in [0.15, 0.2) is 0 Å². The standard InChI is InChI=1S/C19H21NOS/c1-2-11-21-19-10-9-15-6-3-4-8-17(15)18(19)14-20-13-16-7-5-12-22-16/h3-10,12,20H,2,11,13-14H2,1H3. The lowest BCUT2D eigenvalue weighted by Crippen LogP contribution is -2.13. The van der Waals surface area contributed by atoms with Gasteiger partial charge >= 0.3 is 0 Å². The number of thiophene rings is 1. The molecule has 3 rings (SSSR count). The second kappa shape index (κ2) is 7.43. The monoisotopic (exact) mass is 311 g/mol. The Balaban J connectivity index is 1.83. The number of nitrogens with one attached hydrogen (secondary N) is 1. The third-order valence-corrected chi connectivity index (χ3v) is 4.52. The lowest BCUT2D eigenvalue weighted by atomic mass is 10.0. The number of fused-ring (bicyclic) bond motifs is 1. The fourth-order valence-corrected chi connectivity index (χ4v) is 3.24. The minimum Gasteiger partial charge on any atom is -0.493 e. The van der Waals surface area contributed by atoms with Crippen molar-refractivity contribution in [2.24, 2.45) is 0 Å². The molecule has 0 unspecified atom stereocenters. The van der Waals surface area contributed by atoms with E-state index in [2.05, 4.69) is 66.2 Å². The first-order valence-electron chi connectivity index (χ1n) is 7.75. The average molecular weight is 311 g/mol. The van der Waals surface area contributed by atoms with Crippen LogP contribution in [-0.2, 0) is 13.1 Å². The molecule has 0 saturated carbocycles. The van der Waals surface area contributed by atoms with Crippen molar-refractivity contribution >= 4 is 22.1 Å². The van der Waals surface area contributed by atoms with Gasteiger partial charge in [0.2, 0.25) is 0 Å². The Morgan fingerprint density at radius 3 is 2.73 bits per heavy atom. The van der Waals surface area contributed by atoms with Crippen LogP contribution in [0.1, 0.15) is 23.8 Å². The first-order valence-corrected chi connectivity index (χ1v) is 8.63. The van der Waals surface area contributed by atoms with Crippen LogP contribution in [0.25, 0.3) is 10.8 Å². The molecule has 0 amide bonds. The fourth-order valence-electron chi connectivity index (χ4n) is 2.57. The SMILES string of the molecule is CCCOc1ccc2ccccc2c1CNCc1cccs1. The van der Waals surface area contributed by atoms with Gasteiger partial charge in [0.1, 0.15) is 5.75 Å². The van der Waals surface area contributed by atoms with E-state index in [0.29, 0.717) is 0 Å². The van der Waals surface area contributed by atoms with Crippen LogP contribution in [0.3, 0.4) is 0 Å². The van der Waals surface area contributed by atoms with Crippen LogP contribution in [0.2, 0.25) is 0 Å². The predicted octanol–water partition coefficient (Wildman–Crippen LogP) is 4.98. The largest absolute Gasteiger partial charge is 0.493 e. The third-order valence-electron chi connectivity index (χ3n) is 3.64. The smallest absolute Gasteiger partial charge is 0.124 e. The molecule has 0 aliphatic carbocycles. The van der Waals surface area contributed by atoms with Gasteiger partial charge in [0, 0.05) is 23.5 Å². The molecule has 2 nitrogen and oxygen atoms in total. The quantitative estimate of drug-likeness (QED) is 0.664. The molecule has 0 aliphatic heterocycles. The van der Waals surface area contributed by atoms with Gasteiger partial charge < -0.3 is 10.1 Å². The van der Waals surface area contributed by atoms with E-state index in [1.54, 1.807) is 11.3 Å². The maximum atomic E-state index is 5.94. The zero-order chi connectivity index (χ0) is 15.2. The molecule has 0 radical (unpaired) electrons. The van der Waals surface area contributed by atoms with Gasteiger partial charge in [-0.3, -0.25) is 0 Å². The predicted molar refractivity (Wildman–Crippen MR) is 94.6 cm³/mol. The Kier molecular flexibility index (Phi) is 5.09. The summed E-state index contributed by atoms with van der Waals surface area (Å²) in [5, 5.41) is 8.20. The van der Waals surface area contributed by atoms with Crippen molar-refractivity contribution in [2.75, 3.05) is 6.61 Å². The van der Waals surface area contributed by atoms with Crippen molar-refractivity contribution in [1.29, 1.82) is 0 Å². The summed E-state index contributed by atoms with van der Waals surface area (Å²) in [6.45, 7) is 4.61. The van der Waals surface area contributed by atoms with Crippen molar-refractivity contribution in [2.45, 2.75) is 26.4 Å². The van der Waals surface area contributed by atoms with Crippen molar-refractivity contribution in [3.63, 3.8) is 0 Å². The first kappa shape index (κ1) is 15.1. The first-order chi connectivity index (χ1) is 10.9. The number of benzene rings is 2. The summed E-state index contributed by atoms with van der Waals surface area (Å²) in [5.74, 6) is 0.999. The molecule has 1 aromatic heterocycles. The van der Waals surface area contributed by atoms with Gasteiger partial charge in [-0.05, 0) is 34.7 Å². The fraction of sp³-hybridized carbons (Fsp3) is 0.263. The molecule has 0 saturated heterocycles. The zero-order valence-corrected chi connectivity index (χ0v) is 13.7. The molecule has 22 heavy (non-hydrogen) atoms. The normalized spacial score (nSPS) is 11.0. The van der Waals surface area contributed by atoms with E-state index in [1.807, 2.05) is 0 Å². The molecule has 0 aliphatic rings. The zero-order valence-electron chi connectivity index (χ0n) is 12.8. The number of ether oxygens (including phenoxy) is 1. The molecular formula is C19H21NOS. The highest BCUT2D eigenvalue weighted by Gasteiger charge is 2.08. The van der Waals surface area contributed by atoms with Crippen LogP contribution in [0.15, 0.2) is 53.9 Å². The Bertz CT molecular complexity index is 721. The van der Waals surface area contributed by atoms with Gasteiger partial charge in [-0.2, -0.15) is 0 Å². The van der Waals surface area contributed by atoms with Crippen molar-refractivity contribution in [3.05, 3.63) is 64.4 Å². The van der Waals surface area contributed by atoms with E-state index >= 15 is 0 Å². The second-order valence-corrected chi connectivity index (χ2v) is 6.33. The highest BCUT2D eigenvalue weighted by Crippen LogP contribution is 2.28. The van der Waals surface area contributed by atoms with Crippen LogP contribution in [0.5, 0.6) is 5.75 Å². The van der Waals surface area contributed by atoms with Crippen molar-refractivity contribution in [1.82, 2.24) is 5.32 Å². The van der Waals surface area contributed by atoms with Crippen LogP contribution in [0, 0.1) is 0 Å². The van der Waals surface area contributed by atoms with E-state index in [9.17, 15) is 0 Å². The van der Waals surface area contributed by atoms with E-state index in [4.69, 9.17) is 4.74 Å². The van der Waals surface area contributed by atoms with Gasteiger partial charge in [-0.1, -0.05) is 43.3 Å². The molecule has 1 N–H and O–H groups in total. The van der Waals surface area contributed by atoms with Crippen molar-refractivity contribution < 1.29 is 4.74 Å². The lowest BCUT2D eigenvalue weighted by Gasteiger charge is -2.14. The summed E-state index contributed by atoms with van der Waals surface area (Å²) in [6.07, 6.45) is 1.02. The van der Waals surface area contributed by atoms with E-state index in [-0.39, 0.29) is 0 Å². The number of hydrogen-bond donors (Lipinski definition) is 1. The van der Waals surface area contributed by atoms with Crippen molar-refractivity contribution in [3.8, 4) is 5.75 Å². The summed E-state index contributed by atoms with van der Waals surface area (Å²) in [6, 6.07) is 17.0. The average Bonchev–Trinajstić information content (AvgIpc) is 3.07. The lowest BCUT2D eigenvalue weighted by molar-refractivity contribution is 0.314. The minimum absolute atomic E-state index is 0.760.